The molecule has 3 aromatic rings. The Morgan fingerprint density at radius 1 is 1.16 bits per heavy atom. The van der Waals surface area contributed by atoms with Crippen molar-refractivity contribution in [3.63, 3.8) is 0 Å². The highest BCUT2D eigenvalue weighted by atomic mass is 32.2. The standard InChI is InChI=1S/C18H18N4O2S/c1-24-15-10-6-7-13(11-15)17(23)19-12-16-20-21-18(25-2)22(16)14-8-4-3-5-9-14/h3-11H,12H2,1-2H3,(H,19,23). The first-order chi connectivity index (χ1) is 12.2. The molecule has 2 aromatic carbocycles. The molecular weight excluding hydrogens is 336 g/mol. The van der Waals surface area contributed by atoms with Crippen LogP contribution in [-0.4, -0.2) is 34.0 Å². The van der Waals surface area contributed by atoms with Crippen molar-refractivity contribution in [1.29, 1.82) is 0 Å². The maximum Gasteiger partial charge on any atom is 0.251 e. The van der Waals surface area contributed by atoms with Crippen LogP contribution < -0.4 is 10.1 Å². The van der Waals surface area contributed by atoms with Gasteiger partial charge in [0.1, 0.15) is 5.75 Å². The van der Waals surface area contributed by atoms with Crippen molar-refractivity contribution in [1.82, 2.24) is 20.1 Å². The van der Waals surface area contributed by atoms with Crippen LogP contribution in [0.2, 0.25) is 0 Å². The molecule has 1 N–H and O–H groups in total. The number of nitrogens with zero attached hydrogens (tertiary/aromatic N) is 3. The lowest BCUT2D eigenvalue weighted by atomic mass is 10.2. The number of carbonyl (C=O) groups excluding carboxylic acids is 1. The quantitative estimate of drug-likeness (QED) is 0.689. The minimum absolute atomic E-state index is 0.188. The minimum Gasteiger partial charge on any atom is -0.497 e. The van der Waals surface area contributed by atoms with Gasteiger partial charge in [-0.1, -0.05) is 36.0 Å². The highest BCUT2D eigenvalue weighted by Crippen LogP contribution is 2.20. The number of para-hydroxylation sites is 1. The third-order valence-electron chi connectivity index (χ3n) is 3.64. The molecule has 0 saturated heterocycles. The van der Waals surface area contributed by atoms with Gasteiger partial charge in [0.15, 0.2) is 11.0 Å². The molecule has 1 heterocycles. The van der Waals surface area contributed by atoms with E-state index in [9.17, 15) is 4.79 Å². The Morgan fingerprint density at radius 2 is 1.96 bits per heavy atom. The van der Waals surface area contributed by atoms with E-state index in [1.165, 1.54) is 11.8 Å². The molecule has 0 unspecified atom stereocenters. The van der Waals surface area contributed by atoms with Crippen LogP contribution in [0.3, 0.4) is 0 Å². The molecule has 0 spiro atoms. The third-order valence-corrected chi connectivity index (χ3v) is 4.27. The van der Waals surface area contributed by atoms with Crippen molar-refractivity contribution < 1.29 is 9.53 Å². The van der Waals surface area contributed by atoms with Crippen molar-refractivity contribution in [3.8, 4) is 11.4 Å². The second-order valence-electron chi connectivity index (χ2n) is 5.19. The summed E-state index contributed by atoms with van der Waals surface area (Å²) in [5, 5.41) is 12.1. The molecule has 1 aromatic heterocycles. The van der Waals surface area contributed by atoms with Gasteiger partial charge in [0, 0.05) is 11.3 Å². The van der Waals surface area contributed by atoms with Gasteiger partial charge in [-0.25, -0.2) is 0 Å². The topological polar surface area (TPSA) is 69.0 Å². The van der Waals surface area contributed by atoms with Crippen LogP contribution in [0, 0.1) is 0 Å². The smallest absolute Gasteiger partial charge is 0.251 e. The van der Waals surface area contributed by atoms with Crippen LogP contribution in [0.15, 0.2) is 59.8 Å². The summed E-state index contributed by atoms with van der Waals surface area (Å²) in [5.41, 5.74) is 1.50. The second-order valence-corrected chi connectivity index (χ2v) is 5.96. The van der Waals surface area contributed by atoms with Crippen molar-refractivity contribution in [2.24, 2.45) is 0 Å². The molecule has 0 aliphatic rings. The van der Waals surface area contributed by atoms with E-state index >= 15 is 0 Å². The molecule has 0 aliphatic heterocycles. The average Bonchev–Trinajstić information content (AvgIpc) is 3.09. The normalized spacial score (nSPS) is 10.5. The maximum atomic E-state index is 12.4. The molecule has 3 rings (SSSR count). The predicted molar refractivity (Wildman–Crippen MR) is 97.3 cm³/mol. The highest BCUT2D eigenvalue weighted by Gasteiger charge is 2.14. The molecule has 0 atom stereocenters. The summed E-state index contributed by atoms with van der Waals surface area (Å²) < 4.78 is 7.09. The van der Waals surface area contributed by atoms with Crippen LogP contribution in [0.25, 0.3) is 5.69 Å². The Labute approximate surface area is 150 Å². The lowest BCUT2D eigenvalue weighted by Crippen LogP contribution is -2.24. The zero-order valence-electron chi connectivity index (χ0n) is 14.0. The van der Waals surface area contributed by atoms with E-state index in [1.807, 2.05) is 41.2 Å². The van der Waals surface area contributed by atoms with Gasteiger partial charge in [0.2, 0.25) is 0 Å². The summed E-state index contributed by atoms with van der Waals surface area (Å²) in [6.45, 7) is 0.276. The Hall–Kier alpha value is -2.80. The van der Waals surface area contributed by atoms with Crippen LogP contribution >= 0.6 is 11.8 Å². The SMILES string of the molecule is COc1cccc(C(=O)NCc2nnc(SC)n2-c2ccccc2)c1. The van der Waals surface area contributed by atoms with Gasteiger partial charge in [-0.15, -0.1) is 10.2 Å². The number of hydrogen-bond donors (Lipinski definition) is 1. The monoisotopic (exact) mass is 354 g/mol. The lowest BCUT2D eigenvalue weighted by Gasteiger charge is -2.10. The largest absolute Gasteiger partial charge is 0.497 e. The maximum absolute atomic E-state index is 12.4. The first-order valence-corrected chi connectivity index (χ1v) is 8.91. The first-order valence-electron chi connectivity index (χ1n) is 7.69. The molecule has 25 heavy (non-hydrogen) atoms. The number of nitrogens with one attached hydrogen (secondary N) is 1. The highest BCUT2D eigenvalue weighted by molar-refractivity contribution is 7.98. The van der Waals surface area contributed by atoms with Crippen molar-refractivity contribution >= 4 is 17.7 Å². The van der Waals surface area contributed by atoms with Gasteiger partial charge in [0.25, 0.3) is 5.91 Å². The summed E-state index contributed by atoms with van der Waals surface area (Å²) in [6.07, 6.45) is 1.95. The zero-order valence-corrected chi connectivity index (χ0v) is 14.8. The van der Waals surface area contributed by atoms with Crippen LogP contribution in [0.5, 0.6) is 5.75 Å². The Morgan fingerprint density at radius 3 is 2.68 bits per heavy atom. The Balaban J connectivity index is 1.79. The summed E-state index contributed by atoms with van der Waals surface area (Å²) in [7, 11) is 1.57. The van der Waals surface area contributed by atoms with Crippen molar-refractivity contribution in [2.45, 2.75) is 11.7 Å². The summed E-state index contributed by atoms with van der Waals surface area (Å²) in [6, 6.07) is 16.9. The molecule has 0 radical (unpaired) electrons. The van der Waals surface area contributed by atoms with E-state index < -0.39 is 0 Å². The number of hydrogen-bond acceptors (Lipinski definition) is 5. The van der Waals surface area contributed by atoms with Crippen LogP contribution in [0.4, 0.5) is 0 Å². The van der Waals surface area contributed by atoms with E-state index in [4.69, 9.17) is 4.74 Å². The second kappa shape index (κ2) is 7.85. The predicted octanol–water partition coefficient (Wildman–Crippen LogP) is 2.93. The van der Waals surface area contributed by atoms with E-state index in [0.29, 0.717) is 17.1 Å². The number of methoxy groups -OCH3 is 1. The van der Waals surface area contributed by atoms with Gasteiger partial charge >= 0.3 is 0 Å². The number of ether oxygens (including phenoxy) is 1. The average molecular weight is 354 g/mol. The number of benzene rings is 2. The van der Waals surface area contributed by atoms with Gasteiger partial charge < -0.3 is 10.1 Å². The third kappa shape index (κ3) is 3.83. The molecule has 128 valence electrons. The number of aromatic nitrogens is 3. The molecule has 0 bridgehead atoms. The van der Waals surface area contributed by atoms with Crippen LogP contribution in [0.1, 0.15) is 16.2 Å². The van der Waals surface area contributed by atoms with E-state index in [1.54, 1.807) is 31.4 Å². The fraction of sp³-hybridized carbons (Fsp3) is 0.167. The number of carbonyl (C=O) groups is 1. The van der Waals surface area contributed by atoms with Gasteiger partial charge in [-0.2, -0.15) is 0 Å². The van der Waals surface area contributed by atoms with E-state index in [2.05, 4.69) is 15.5 Å². The minimum atomic E-state index is -0.188. The number of amides is 1. The van der Waals surface area contributed by atoms with E-state index in [-0.39, 0.29) is 12.5 Å². The van der Waals surface area contributed by atoms with Gasteiger partial charge in [-0.05, 0) is 36.6 Å². The fourth-order valence-electron chi connectivity index (χ4n) is 2.41. The molecule has 0 saturated carbocycles. The molecule has 1 amide bonds. The number of thioether (sulfide) groups is 1. The summed E-state index contributed by atoms with van der Waals surface area (Å²) in [5.74, 6) is 1.13. The molecular formula is C18H18N4O2S. The van der Waals surface area contributed by atoms with Gasteiger partial charge in [0.05, 0.1) is 13.7 Å². The van der Waals surface area contributed by atoms with Crippen molar-refractivity contribution in [3.05, 3.63) is 66.0 Å². The molecule has 6 nitrogen and oxygen atoms in total. The summed E-state index contributed by atoms with van der Waals surface area (Å²) >= 11 is 1.51. The Bertz CT molecular complexity index is 865. The van der Waals surface area contributed by atoms with E-state index in [0.717, 1.165) is 10.8 Å². The molecule has 0 aliphatic carbocycles. The molecule has 7 heteroatoms. The summed E-state index contributed by atoms with van der Waals surface area (Å²) in [4.78, 5) is 12.4. The zero-order chi connectivity index (χ0) is 17.6. The first kappa shape index (κ1) is 17.0. The van der Waals surface area contributed by atoms with Crippen LogP contribution in [-0.2, 0) is 6.54 Å². The van der Waals surface area contributed by atoms with Crippen molar-refractivity contribution in [2.75, 3.05) is 13.4 Å². The Kier molecular flexibility index (Phi) is 5.35. The lowest BCUT2D eigenvalue weighted by molar-refractivity contribution is 0.0949. The number of rotatable bonds is 6. The van der Waals surface area contributed by atoms with Gasteiger partial charge in [-0.3, -0.25) is 9.36 Å². The fourth-order valence-corrected chi connectivity index (χ4v) is 2.92. The molecule has 0 fully saturated rings.